The maximum Gasteiger partial charge on any atom is 0.271 e. The van der Waals surface area contributed by atoms with Crippen molar-refractivity contribution in [3.63, 3.8) is 0 Å². The Balaban J connectivity index is 1.44. The summed E-state index contributed by atoms with van der Waals surface area (Å²) in [7, 11) is 0. The zero-order valence-corrected chi connectivity index (χ0v) is 19.6. The van der Waals surface area contributed by atoms with Gasteiger partial charge in [0.2, 0.25) is 0 Å². The molecule has 1 aliphatic heterocycles. The molecule has 164 valence electrons. The summed E-state index contributed by atoms with van der Waals surface area (Å²) in [6.07, 6.45) is 2.62. The Bertz CT molecular complexity index is 1050. The first-order valence-electron chi connectivity index (χ1n) is 10.8. The van der Waals surface area contributed by atoms with Crippen molar-refractivity contribution in [2.45, 2.75) is 45.3 Å². The number of rotatable bonds is 6. The van der Waals surface area contributed by atoms with Gasteiger partial charge in [-0.15, -0.1) is 0 Å². The third-order valence-corrected chi connectivity index (χ3v) is 6.68. The van der Waals surface area contributed by atoms with Gasteiger partial charge in [-0.25, -0.2) is 0 Å². The maximum atomic E-state index is 13.2. The Hall–Kier alpha value is -2.31. The number of H-pyrrole nitrogens is 1. The lowest BCUT2D eigenvalue weighted by atomic mass is 9.86. The normalized spacial score (nSPS) is 15.4. The van der Waals surface area contributed by atoms with Crippen molar-refractivity contribution in [1.82, 2.24) is 9.88 Å². The predicted molar refractivity (Wildman–Crippen MR) is 126 cm³/mol. The highest BCUT2D eigenvalue weighted by Crippen LogP contribution is 2.33. The third kappa shape index (κ3) is 5.31. The van der Waals surface area contributed by atoms with Gasteiger partial charge >= 0.3 is 0 Å². The van der Waals surface area contributed by atoms with Crippen LogP contribution in [-0.4, -0.2) is 39.6 Å². The number of aromatic nitrogens is 1. The van der Waals surface area contributed by atoms with Crippen LogP contribution < -0.4 is 4.74 Å². The molecule has 0 bridgehead atoms. The first kappa shape index (κ1) is 21.9. The summed E-state index contributed by atoms with van der Waals surface area (Å²) in [5.41, 5.74) is 1.94. The van der Waals surface area contributed by atoms with Crippen LogP contribution in [0.1, 0.15) is 49.2 Å². The van der Waals surface area contributed by atoms with E-state index in [4.69, 9.17) is 4.74 Å². The highest BCUT2D eigenvalue weighted by atomic mass is 79.9. The smallest absolute Gasteiger partial charge is 0.271 e. The van der Waals surface area contributed by atoms with Crippen LogP contribution in [0.3, 0.4) is 0 Å². The molecule has 5 nitrogen and oxygen atoms in total. The number of hydrogen-bond donors (Lipinski definition) is 2. The number of nitrogens with zero attached hydrogens (tertiary/aromatic N) is 1. The lowest BCUT2D eigenvalue weighted by Crippen LogP contribution is -2.40. The molecule has 1 fully saturated rings. The Kier molecular flexibility index (Phi) is 6.39. The summed E-state index contributed by atoms with van der Waals surface area (Å²) in [4.78, 5) is 18.3. The SMILES string of the molecule is CC(C)(O)CC1CCN(C(=O)c2[nH]c3ccc(OCc4ccccc4)cc3c2Br)CC1. The fraction of sp³-hybridized carbons (Fsp3) is 0.400. The van der Waals surface area contributed by atoms with E-state index in [9.17, 15) is 9.90 Å². The molecule has 2 heterocycles. The molecule has 1 saturated heterocycles. The molecule has 1 aromatic heterocycles. The molecule has 1 aliphatic rings. The third-order valence-electron chi connectivity index (χ3n) is 5.86. The number of amides is 1. The molecular weight excluding hydrogens is 456 g/mol. The molecule has 2 N–H and O–H groups in total. The number of piperidine rings is 1. The quantitative estimate of drug-likeness (QED) is 0.483. The van der Waals surface area contributed by atoms with Gasteiger partial charge < -0.3 is 19.7 Å². The number of carbonyl (C=O) groups is 1. The Labute approximate surface area is 191 Å². The van der Waals surface area contributed by atoms with Gasteiger partial charge in [0.25, 0.3) is 5.91 Å². The van der Waals surface area contributed by atoms with Crippen LogP contribution in [-0.2, 0) is 6.61 Å². The summed E-state index contributed by atoms with van der Waals surface area (Å²) < 4.78 is 6.72. The Morgan fingerprint density at radius 2 is 1.90 bits per heavy atom. The monoisotopic (exact) mass is 484 g/mol. The number of ether oxygens (including phenoxy) is 1. The number of benzene rings is 2. The second-order valence-electron chi connectivity index (χ2n) is 9.05. The van der Waals surface area contributed by atoms with Crippen molar-refractivity contribution >= 4 is 32.7 Å². The van der Waals surface area contributed by atoms with Gasteiger partial charge in [0, 0.05) is 24.0 Å². The van der Waals surface area contributed by atoms with Crippen LogP contribution in [0.4, 0.5) is 0 Å². The van der Waals surface area contributed by atoms with Crippen LogP contribution in [0, 0.1) is 5.92 Å². The van der Waals surface area contributed by atoms with Crippen molar-refractivity contribution in [3.8, 4) is 5.75 Å². The van der Waals surface area contributed by atoms with E-state index < -0.39 is 5.60 Å². The van der Waals surface area contributed by atoms with E-state index in [2.05, 4.69) is 20.9 Å². The molecule has 0 spiro atoms. The van der Waals surface area contributed by atoms with E-state index in [1.165, 1.54) is 0 Å². The van der Waals surface area contributed by atoms with Crippen LogP contribution in [0.25, 0.3) is 10.9 Å². The fourth-order valence-corrected chi connectivity index (χ4v) is 4.92. The number of aliphatic hydroxyl groups is 1. The van der Waals surface area contributed by atoms with E-state index in [0.717, 1.165) is 46.0 Å². The molecule has 31 heavy (non-hydrogen) atoms. The van der Waals surface area contributed by atoms with E-state index in [1.807, 2.05) is 67.3 Å². The van der Waals surface area contributed by atoms with Gasteiger partial charge in [-0.3, -0.25) is 4.79 Å². The van der Waals surface area contributed by atoms with E-state index >= 15 is 0 Å². The average Bonchev–Trinajstić information content (AvgIpc) is 3.08. The van der Waals surface area contributed by atoms with Gasteiger partial charge in [0.1, 0.15) is 18.1 Å². The largest absolute Gasteiger partial charge is 0.489 e. The number of halogens is 1. The molecule has 3 aromatic rings. The van der Waals surface area contributed by atoms with E-state index in [0.29, 0.717) is 31.3 Å². The van der Waals surface area contributed by atoms with Gasteiger partial charge in [-0.2, -0.15) is 0 Å². The molecule has 4 rings (SSSR count). The first-order chi connectivity index (χ1) is 14.8. The number of fused-ring (bicyclic) bond motifs is 1. The van der Waals surface area contributed by atoms with Gasteiger partial charge in [0.05, 0.1) is 10.1 Å². The molecular formula is C25H29BrN2O3. The van der Waals surface area contributed by atoms with Gasteiger partial charge in [0.15, 0.2) is 0 Å². The van der Waals surface area contributed by atoms with Crippen molar-refractivity contribution in [1.29, 1.82) is 0 Å². The van der Waals surface area contributed by atoms with Crippen LogP contribution in [0.5, 0.6) is 5.75 Å². The molecule has 0 saturated carbocycles. The standard InChI is InChI=1S/C25H29BrN2O3/c1-25(2,30)15-17-10-12-28(13-11-17)24(29)23-22(26)20-14-19(8-9-21(20)27-23)31-16-18-6-4-3-5-7-18/h3-9,14,17,27,30H,10-13,15-16H2,1-2H3. The Morgan fingerprint density at radius 3 is 2.58 bits per heavy atom. The number of likely N-dealkylation sites (tertiary alicyclic amines) is 1. The van der Waals surface area contributed by atoms with Crippen LogP contribution in [0.2, 0.25) is 0 Å². The average molecular weight is 485 g/mol. The van der Waals surface area contributed by atoms with Crippen molar-refractivity contribution in [3.05, 3.63) is 64.3 Å². The van der Waals surface area contributed by atoms with E-state index in [-0.39, 0.29) is 5.91 Å². The minimum Gasteiger partial charge on any atom is -0.489 e. The summed E-state index contributed by atoms with van der Waals surface area (Å²) in [5, 5.41) is 11.0. The van der Waals surface area contributed by atoms with E-state index in [1.54, 1.807) is 0 Å². The summed E-state index contributed by atoms with van der Waals surface area (Å²) in [6, 6.07) is 15.9. The number of carbonyl (C=O) groups excluding carboxylic acids is 1. The molecule has 0 aliphatic carbocycles. The molecule has 6 heteroatoms. The lowest BCUT2D eigenvalue weighted by molar-refractivity contribution is 0.0357. The minimum absolute atomic E-state index is 0.0107. The molecule has 0 unspecified atom stereocenters. The number of hydrogen-bond acceptors (Lipinski definition) is 3. The highest BCUT2D eigenvalue weighted by Gasteiger charge is 2.29. The summed E-state index contributed by atoms with van der Waals surface area (Å²) in [5.74, 6) is 1.23. The summed E-state index contributed by atoms with van der Waals surface area (Å²) >= 11 is 3.63. The van der Waals surface area contributed by atoms with Gasteiger partial charge in [-0.1, -0.05) is 30.3 Å². The number of aromatic amines is 1. The second kappa shape index (κ2) is 9.05. The fourth-order valence-electron chi connectivity index (χ4n) is 4.32. The van der Waals surface area contributed by atoms with Crippen molar-refractivity contribution < 1.29 is 14.6 Å². The van der Waals surface area contributed by atoms with Crippen molar-refractivity contribution in [2.75, 3.05) is 13.1 Å². The predicted octanol–water partition coefficient (Wildman–Crippen LogP) is 5.52. The lowest BCUT2D eigenvalue weighted by Gasteiger charge is -2.34. The van der Waals surface area contributed by atoms with Crippen molar-refractivity contribution in [2.24, 2.45) is 5.92 Å². The van der Waals surface area contributed by atoms with Crippen LogP contribution >= 0.6 is 15.9 Å². The second-order valence-corrected chi connectivity index (χ2v) is 9.84. The minimum atomic E-state index is -0.655. The zero-order chi connectivity index (χ0) is 22.0. The first-order valence-corrected chi connectivity index (χ1v) is 11.6. The molecule has 2 aromatic carbocycles. The Morgan fingerprint density at radius 1 is 1.19 bits per heavy atom. The van der Waals surface area contributed by atoms with Crippen LogP contribution in [0.15, 0.2) is 53.0 Å². The number of nitrogens with one attached hydrogen (secondary N) is 1. The maximum absolute atomic E-state index is 13.2. The highest BCUT2D eigenvalue weighted by molar-refractivity contribution is 9.10. The molecule has 0 atom stereocenters. The molecule has 1 amide bonds. The topological polar surface area (TPSA) is 65.6 Å². The zero-order valence-electron chi connectivity index (χ0n) is 18.0. The molecule has 0 radical (unpaired) electrons. The van der Waals surface area contributed by atoms with Gasteiger partial charge in [-0.05, 0) is 78.7 Å². The summed E-state index contributed by atoms with van der Waals surface area (Å²) in [6.45, 7) is 5.63.